The van der Waals surface area contributed by atoms with E-state index in [1.54, 1.807) is 25.1 Å². The molecule has 0 spiro atoms. The molecule has 0 radical (unpaired) electrons. The van der Waals surface area contributed by atoms with Crippen LogP contribution in [0.2, 0.25) is 0 Å². The third-order valence-corrected chi connectivity index (χ3v) is 3.75. The molecular weight excluding hydrogens is 347 g/mol. The number of ether oxygens (including phenoxy) is 2. The van der Waals surface area contributed by atoms with Crippen LogP contribution in [0.15, 0.2) is 41.4 Å². The summed E-state index contributed by atoms with van der Waals surface area (Å²) in [6.07, 6.45) is 0. The van der Waals surface area contributed by atoms with E-state index in [1.807, 2.05) is 38.1 Å². The second-order valence-electron chi connectivity index (χ2n) is 6.03. The van der Waals surface area contributed by atoms with E-state index in [2.05, 4.69) is 10.3 Å². The molecule has 0 aromatic heterocycles. The topological polar surface area (TPSA) is 72.1 Å². The van der Waals surface area contributed by atoms with Crippen LogP contribution in [-0.2, 0) is 6.54 Å². The van der Waals surface area contributed by atoms with Gasteiger partial charge in [-0.25, -0.2) is 9.38 Å². The molecule has 0 fully saturated rings. The minimum absolute atomic E-state index is 0.210. The van der Waals surface area contributed by atoms with Gasteiger partial charge in [-0.15, -0.1) is 0 Å². The molecule has 2 aromatic carbocycles. The third-order valence-electron chi connectivity index (χ3n) is 3.75. The number of anilines is 2. The molecule has 3 N–H and O–H groups in total. The molecule has 2 aromatic rings. The second kappa shape index (κ2) is 9.66. The number of nitrogens with one attached hydrogen (secondary N) is 1. The fourth-order valence-corrected chi connectivity index (χ4v) is 2.51. The first-order valence-electron chi connectivity index (χ1n) is 8.86. The van der Waals surface area contributed by atoms with Crippen LogP contribution in [0.1, 0.15) is 19.4 Å². The van der Waals surface area contributed by atoms with Crippen molar-refractivity contribution in [2.45, 2.75) is 20.4 Å². The van der Waals surface area contributed by atoms with Crippen molar-refractivity contribution >= 4 is 17.3 Å². The van der Waals surface area contributed by atoms with Crippen LogP contribution < -0.4 is 25.4 Å². The number of hydrogen-bond acceptors (Lipinski definition) is 4. The van der Waals surface area contributed by atoms with Crippen LogP contribution in [0.3, 0.4) is 0 Å². The summed E-state index contributed by atoms with van der Waals surface area (Å²) in [5.74, 6) is 1.28. The van der Waals surface area contributed by atoms with Crippen molar-refractivity contribution in [1.82, 2.24) is 0 Å². The van der Waals surface area contributed by atoms with Gasteiger partial charge < -0.3 is 25.4 Å². The van der Waals surface area contributed by atoms with Crippen LogP contribution in [0.5, 0.6) is 11.5 Å². The van der Waals surface area contributed by atoms with Crippen molar-refractivity contribution < 1.29 is 13.9 Å². The van der Waals surface area contributed by atoms with Gasteiger partial charge in [-0.2, -0.15) is 0 Å². The first-order chi connectivity index (χ1) is 12.9. The van der Waals surface area contributed by atoms with E-state index in [4.69, 9.17) is 15.2 Å². The third kappa shape index (κ3) is 5.77. The lowest BCUT2D eigenvalue weighted by atomic mass is 10.2. The number of rotatable bonds is 8. The summed E-state index contributed by atoms with van der Waals surface area (Å²) in [5.41, 5.74) is 7.93. The van der Waals surface area contributed by atoms with Crippen LogP contribution >= 0.6 is 0 Å². The standard InChI is InChI=1S/C20H27FN4O2/c1-5-26-15-8-10-19(27-6-2)17(12-15)24-20(22)23-13-14-7-9-18(25(3)4)16(21)11-14/h7-12H,5-6,13H2,1-4H3,(H3,22,23,24). The highest BCUT2D eigenvalue weighted by Crippen LogP contribution is 2.29. The van der Waals surface area contributed by atoms with Crippen molar-refractivity contribution in [1.29, 1.82) is 0 Å². The maximum absolute atomic E-state index is 14.1. The van der Waals surface area contributed by atoms with Crippen molar-refractivity contribution in [3.05, 3.63) is 47.8 Å². The Balaban J connectivity index is 2.12. The van der Waals surface area contributed by atoms with Crippen molar-refractivity contribution in [3.8, 4) is 11.5 Å². The molecule has 6 nitrogen and oxygen atoms in total. The Morgan fingerprint density at radius 1 is 1.11 bits per heavy atom. The molecule has 7 heteroatoms. The summed E-state index contributed by atoms with van der Waals surface area (Å²) >= 11 is 0. The quantitative estimate of drug-likeness (QED) is 0.545. The molecule has 0 amide bonds. The Morgan fingerprint density at radius 2 is 1.85 bits per heavy atom. The molecule has 0 unspecified atom stereocenters. The molecule has 27 heavy (non-hydrogen) atoms. The SMILES string of the molecule is CCOc1ccc(OCC)c(NC(N)=NCc2ccc(N(C)C)c(F)c2)c1. The predicted molar refractivity (Wildman–Crippen MR) is 108 cm³/mol. The first kappa shape index (κ1) is 20.4. The molecule has 0 aliphatic carbocycles. The van der Waals surface area contributed by atoms with E-state index >= 15 is 0 Å². The molecule has 2 rings (SSSR count). The van der Waals surface area contributed by atoms with Gasteiger partial charge in [-0.05, 0) is 43.7 Å². The molecule has 146 valence electrons. The lowest BCUT2D eigenvalue weighted by Crippen LogP contribution is -2.23. The smallest absolute Gasteiger partial charge is 0.193 e. The van der Waals surface area contributed by atoms with Gasteiger partial charge in [-0.1, -0.05) is 6.07 Å². The Morgan fingerprint density at radius 3 is 2.48 bits per heavy atom. The van der Waals surface area contributed by atoms with E-state index in [0.29, 0.717) is 36.1 Å². The van der Waals surface area contributed by atoms with Crippen LogP contribution in [0.4, 0.5) is 15.8 Å². The number of benzene rings is 2. The fourth-order valence-electron chi connectivity index (χ4n) is 2.51. The van der Waals surface area contributed by atoms with Crippen molar-refractivity contribution in [2.75, 3.05) is 37.5 Å². The monoisotopic (exact) mass is 374 g/mol. The second-order valence-corrected chi connectivity index (χ2v) is 6.03. The van der Waals surface area contributed by atoms with Crippen molar-refractivity contribution in [3.63, 3.8) is 0 Å². The molecular formula is C20H27FN4O2. The van der Waals surface area contributed by atoms with Crippen LogP contribution in [0, 0.1) is 5.82 Å². The zero-order chi connectivity index (χ0) is 19.8. The molecule has 0 atom stereocenters. The Kier molecular flexibility index (Phi) is 7.28. The number of nitrogens with zero attached hydrogens (tertiary/aromatic N) is 2. The fraction of sp³-hybridized carbons (Fsp3) is 0.350. The number of halogens is 1. The summed E-state index contributed by atoms with van der Waals surface area (Å²) in [7, 11) is 3.59. The van der Waals surface area contributed by atoms with Gasteiger partial charge in [0.15, 0.2) is 5.96 Å². The predicted octanol–water partition coefficient (Wildman–Crippen LogP) is 3.62. The van der Waals surface area contributed by atoms with Gasteiger partial charge in [0.2, 0.25) is 0 Å². The molecule has 0 heterocycles. The molecule has 0 saturated heterocycles. The number of guanidine groups is 1. The molecule has 0 aliphatic heterocycles. The largest absolute Gasteiger partial charge is 0.494 e. The van der Waals surface area contributed by atoms with Gasteiger partial charge in [-0.3, -0.25) is 0 Å². The average Bonchev–Trinajstić information content (AvgIpc) is 2.62. The van der Waals surface area contributed by atoms with Gasteiger partial charge in [0.25, 0.3) is 0 Å². The van der Waals surface area contributed by atoms with Gasteiger partial charge >= 0.3 is 0 Å². The van der Waals surface area contributed by atoms with Gasteiger partial charge in [0.1, 0.15) is 17.3 Å². The minimum Gasteiger partial charge on any atom is -0.494 e. The number of nitrogens with two attached hydrogens (primary N) is 1. The zero-order valence-corrected chi connectivity index (χ0v) is 16.3. The highest BCUT2D eigenvalue weighted by molar-refractivity contribution is 5.94. The Labute approximate surface area is 159 Å². The molecule has 0 bridgehead atoms. The van der Waals surface area contributed by atoms with E-state index in [-0.39, 0.29) is 18.3 Å². The van der Waals surface area contributed by atoms with E-state index in [0.717, 1.165) is 5.56 Å². The summed E-state index contributed by atoms with van der Waals surface area (Å²) in [6, 6.07) is 10.5. The van der Waals surface area contributed by atoms with Gasteiger partial charge in [0.05, 0.1) is 31.1 Å². The summed E-state index contributed by atoms with van der Waals surface area (Å²) in [6.45, 7) is 5.17. The van der Waals surface area contributed by atoms with Gasteiger partial charge in [0, 0.05) is 20.2 Å². The molecule has 0 saturated carbocycles. The number of aliphatic imine (C=N–C) groups is 1. The normalized spacial score (nSPS) is 11.2. The van der Waals surface area contributed by atoms with Crippen molar-refractivity contribution in [2.24, 2.45) is 10.7 Å². The van der Waals surface area contributed by atoms with E-state index in [9.17, 15) is 4.39 Å². The Hall–Kier alpha value is -2.96. The Bertz CT molecular complexity index is 794. The average molecular weight is 374 g/mol. The maximum Gasteiger partial charge on any atom is 0.193 e. The number of hydrogen-bond donors (Lipinski definition) is 2. The summed E-state index contributed by atoms with van der Waals surface area (Å²) < 4.78 is 25.2. The lowest BCUT2D eigenvalue weighted by Gasteiger charge is -2.14. The molecule has 0 aliphatic rings. The first-order valence-corrected chi connectivity index (χ1v) is 8.86. The lowest BCUT2D eigenvalue weighted by molar-refractivity contribution is 0.332. The highest BCUT2D eigenvalue weighted by atomic mass is 19.1. The minimum atomic E-state index is -0.290. The van der Waals surface area contributed by atoms with E-state index < -0.39 is 0 Å². The van der Waals surface area contributed by atoms with E-state index in [1.165, 1.54) is 6.07 Å². The van der Waals surface area contributed by atoms with Crippen LogP contribution in [-0.4, -0.2) is 33.3 Å². The summed E-state index contributed by atoms with van der Waals surface area (Å²) in [4.78, 5) is 6.01. The summed E-state index contributed by atoms with van der Waals surface area (Å²) in [5, 5.41) is 3.03. The maximum atomic E-state index is 14.1. The highest BCUT2D eigenvalue weighted by Gasteiger charge is 2.08. The van der Waals surface area contributed by atoms with Crippen LogP contribution in [0.25, 0.3) is 0 Å². The zero-order valence-electron chi connectivity index (χ0n) is 16.3.